The second-order valence-electron chi connectivity index (χ2n) is 13.2. The highest BCUT2D eigenvalue weighted by Crippen LogP contribution is 2.40. The van der Waals surface area contributed by atoms with Gasteiger partial charge in [0.05, 0.1) is 33.0 Å². The minimum absolute atomic E-state index is 0.000643. The minimum atomic E-state index is -0.569. The van der Waals surface area contributed by atoms with Crippen molar-refractivity contribution in [3.63, 3.8) is 0 Å². The first-order valence-electron chi connectivity index (χ1n) is 17.5. The highest BCUT2D eigenvalue weighted by atomic mass is 16.7. The molecule has 51 heavy (non-hydrogen) atoms. The number of hydrogen-bond donors (Lipinski definition) is 2. The van der Waals surface area contributed by atoms with E-state index in [1.165, 1.54) is 11.1 Å². The molecule has 2 aliphatic heterocycles. The molecular formula is C43H44N2O6. The predicted octanol–water partition coefficient (Wildman–Crippen LogP) is 7.40. The van der Waals surface area contributed by atoms with Gasteiger partial charge in [0.15, 0.2) is 17.8 Å². The summed E-state index contributed by atoms with van der Waals surface area (Å²) in [5.41, 5.74) is 9.14. The molecule has 0 unspecified atom stereocenters. The monoisotopic (exact) mass is 684 g/mol. The lowest BCUT2D eigenvalue weighted by Gasteiger charge is -2.39. The van der Waals surface area contributed by atoms with E-state index < -0.39 is 6.29 Å². The van der Waals surface area contributed by atoms with Crippen LogP contribution < -0.4 is 14.8 Å². The molecule has 1 amide bonds. The molecule has 0 spiro atoms. The Bertz CT molecular complexity index is 1950. The van der Waals surface area contributed by atoms with E-state index in [9.17, 15) is 9.90 Å². The van der Waals surface area contributed by atoms with Gasteiger partial charge in [-0.1, -0.05) is 78.9 Å². The Morgan fingerprint density at radius 2 is 1.51 bits per heavy atom. The molecule has 0 aromatic heterocycles. The molecule has 0 aliphatic carbocycles. The zero-order valence-electron chi connectivity index (χ0n) is 29.1. The summed E-state index contributed by atoms with van der Waals surface area (Å²) in [5.74, 6) is 1.41. The Morgan fingerprint density at radius 1 is 0.784 bits per heavy atom. The molecule has 2 heterocycles. The van der Waals surface area contributed by atoms with Crippen LogP contribution in [-0.4, -0.2) is 49.3 Å². The lowest BCUT2D eigenvalue weighted by atomic mass is 9.96. The largest absolute Gasteiger partial charge is 0.493 e. The summed E-state index contributed by atoms with van der Waals surface area (Å²) in [4.78, 5) is 15.1. The van der Waals surface area contributed by atoms with Crippen LogP contribution in [-0.2, 0) is 35.6 Å². The van der Waals surface area contributed by atoms with Gasteiger partial charge in [-0.2, -0.15) is 0 Å². The first kappa shape index (κ1) is 34.5. The van der Waals surface area contributed by atoms with Crippen molar-refractivity contribution < 1.29 is 28.8 Å². The molecule has 0 bridgehead atoms. The van der Waals surface area contributed by atoms with Crippen molar-refractivity contribution in [2.75, 3.05) is 27.3 Å². The topological polar surface area (TPSA) is 89.5 Å². The highest BCUT2D eigenvalue weighted by molar-refractivity contribution is 5.94. The summed E-state index contributed by atoms with van der Waals surface area (Å²) in [6.45, 7) is 2.90. The van der Waals surface area contributed by atoms with Crippen LogP contribution in [0.15, 0.2) is 115 Å². The van der Waals surface area contributed by atoms with Crippen LogP contribution in [0.5, 0.6) is 11.5 Å². The third-order valence-corrected chi connectivity index (χ3v) is 9.78. The van der Waals surface area contributed by atoms with Crippen molar-refractivity contribution in [3.05, 3.63) is 154 Å². The molecule has 0 radical (unpaired) electrons. The van der Waals surface area contributed by atoms with Crippen molar-refractivity contribution in [2.24, 2.45) is 0 Å². The van der Waals surface area contributed by atoms with Crippen molar-refractivity contribution in [1.29, 1.82) is 0 Å². The van der Waals surface area contributed by atoms with Crippen molar-refractivity contribution in [3.8, 4) is 22.6 Å². The fraction of sp³-hybridized carbons (Fsp3) is 0.279. The molecule has 5 aromatic carbocycles. The average molecular weight is 685 g/mol. The normalized spacial score (nSPS) is 18.8. The standard InChI is InChI=1S/C43H44N2O6/c1-48-40-22-35-18-19-45(26-37(35)23-41(40)49-2)27-38-24-39(31-16-14-29(28-46)15-17-31)51-43(50-38)36-13-7-12-34(21-36)33-11-6-8-30(20-33)25-44-42(47)32-9-4-3-5-10-32/h3-17,20-23,38-39,43,46H,18-19,24-28H2,1-2H3,(H,44,47)/t38-,39+,43+/m1/s1. The van der Waals surface area contributed by atoms with Gasteiger partial charge in [0.2, 0.25) is 0 Å². The van der Waals surface area contributed by atoms with Crippen molar-refractivity contribution >= 4 is 5.91 Å². The average Bonchev–Trinajstić information content (AvgIpc) is 3.19. The van der Waals surface area contributed by atoms with Gasteiger partial charge in [-0.05, 0) is 81.8 Å². The summed E-state index contributed by atoms with van der Waals surface area (Å²) >= 11 is 0. The number of rotatable bonds is 11. The number of amides is 1. The molecule has 8 heteroatoms. The van der Waals surface area contributed by atoms with Gasteiger partial charge in [-0.25, -0.2) is 0 Å². The minimum Gasteiger partial charge on any atom is -0.493 e. The molecule has 2 aliphatic rings. The Hall–Kier alpha value is -4.99. The maximum absolute atomic E-state index is 12.6. The first-order chi connectivity index (χ1) is 25.0. The fourth-order valence-electron chi connectivity index (χ4n) is 7.02. The smallest absolute Gasteiger partial charge is 0.251 e. The quantitative estimate of drug-likeness (QED) is 0.150. The molecule has 8 nitrogen and oxygen atoms in total. The maximum atomic E-state index is 12.6. The van der Waals surface area contributed by atoms with Crippen LogP contribution in [0.25, 0.3) is 11.1 Å². The van der Waals surface area contributed by atoms with Crippen LogP contribution in [0.1, 0.15) is 62.6 Å². The van der Waals surface area contributed by atoms with Gasteiger partial charge in [0.25, 0.3) is 5.91 Å². The fourth-order valence-corrected chi connectivity index (χ4v) is 7.02. The number of ether oxygens (including phenoxy) is 4. The molecule has 7 rings (SSSR count). The highest BCUT2D eigenvalue weighted by Gasteiger charge is 2.34. The lowest BCUT2D eigenvalue weighted by molar-refractivity contribution is -0.253. The maximum Gasteiger partial charge on any atom is 0.251 e. The molecular weight excluding hydrogens is 640 g/mol. The number of carbonyl (C=O) groups excluding carboxylic acids is 1. The molecule has 1 fully saturated rings. The number of aliphatic hydroxyl groups excluding tert-OH is 1. The van der Waals surface area contributed by atoms with Crippen LogP contribution >= 0.6 is 0 Å². The molecule has 3 atom stereocenters. The van der Waals surface area contributed by atoms with E-state index in [1.54, 1.807) is 14.2 Å². The number of nitrogens with one attached hydrogen (secondary N) is 1. The van der Waals surface area contributed by atoms with Gasteiger partial charge in [-0.15, -0.1) is 0 Å². The van der Waals surface area contributed by atoms with Crippen LogP contribution in [0, 0.1) is 0 Å². The summed E-state index contributed by atoms with van der Waals surface area (Å²) < 4.78 is 24.6. The van der Waals surface area contributed by atoms with Crippen molar-refractivity contribution in [2.45, 2.75) is 51.0 Å². The van der Waals surface area contributed by atoms with E-state index in [2.05, 4.69) is 52.7 Å². The van der Waals surface area contributed by atoms with E-state index in [-0.39, 0.29) is 24.7 Å². The summed E-state index contributed by atoms with van der Waals surface area (Å²) in [6, 6.07) is 38.0. The van der Waals surface area contributed by atoms with E-state index >= 15 is 0 Å². The second-order valence-corrected chi connectivity index (χ2v) is 13.2. The number of nitrogens with zero attached hydrogens (tertiary/aromatic N) is 1. The Kier molecular flexibility index (Phi) is 10.8. The SMILES string of the molecule is COc1cc2c(cc1OC)CN(C[C@H]1C[C@@H](c3ccc(CO)cc3)O[C@@H](c3cccc(-c4cccc(CNC(=O)c5ccccc5)c4)c3)O1)CC2. The van der Waals surface area contributed by atoms with E-state index in [1.807, 2.05) is 72.8 Å². The van der Waals surface area contributed by atoms with Crippen LogP contribution in [0.2, 0.25) is 0 Å². The molecule has 2 N–H and O–H groups in total. The number of benzene rings is 5. The summed E-state index contributed by atoms with van der Waals surface area (Å²) in [6.07, 6.45) is 0.809. The van der Waals surface area contributed by atoms with Crippen LogP contribution in [0.3, 0.4) is 0 Å². The van der Waals surface area contributed by atoms with Gasteiger partial charge >= 0.3 is 0 Å². The zero-order valence-corrected chi connectivity index (χ0v) is 29.1. The number of carbonyl (C=O) groups is 1. The predicted molar refractivity (Wildman–Crippen MR) is 196 cm³/mol. The molecule has 5 aromatic rings. The number of methoxy groups -OCH3 is 2. The van der Waals surface area contributed by atoms with E-state index in [0.717, 1.165) is 70.9 Å². The molecule has 1 saturated heterocycles. The van der Waals surface area contributed by atoms with Crippen LogP contribution in [0.4, 0.5) is 0 Å². The molecule has 262 valence electrons. The van der Waals surface area contributed by atoms with Gasteiger partial charge in [0.1, 0.15) is 0 Å². The summed E-state index contributed by atoms with van der Waals surface area (Å²) in [5, 5.41) is 12.7. The van der Waals surface area contributed by atoms with E-state index in [0.29, 0.717) is 18.5 Å². The lowest BCUT2D eigenvalue weighted by Crippen LogP contribution is -2.41. The third kappa shape index (κ3) is 8.16. The van der Waals surface area contributed by atoms with Gasteiger partial charge in [0, 0.05) is 43.7 Å². The Morgan fingerprint density at radius 3 is 2.25 bits per heavy atom. The summed E-state index contributed by atoms with van der Waals surface area (Å²) in [7, 11) is 3.35. The van der Waals surface area contributed by atoms with E-state index in [4.69, 9.17) is 18.9 Å². The second kappa shape index (κ2) is 15.9. The van der Waals surface area contributed by atoms with Crippen molar-refractivity contribution in [1.82, 2.24) is 10.2 Å². The third-order valence-electron chi connectivity index (χ3n) is 9.78. The van der Waals surface area contributed by atoms with Gasteiger partial charge < -0.3 is 29.4 Å². The zero-order chi connectivity index (χ0) is 35.2. The molecule has 0 saturated carbocycles. The first-order valence-corrected chi connectivity index (χ1v) is 17.5. The van der Waals surface area contributed by atoms with Gasteiger partial charge in [-0.3, -0.25) is 9.69 Å². The number of aliphatic hydroxyl groups is 1. The number of hydrogen-bond acceptors (Lipinski definition) is 7. The number of fused-ring (bicyclic) bond motifs is 1. The Labute approximate surface area is 299 Å². The Balaban J connectivity index is 1.10.